The van der Waals surface area contributed by atoms with Gasteiger partial charge in [-0.1, -0.05) is 30.3 Å². The first kappa shape index (κ1) is 16.1. The van der Waals surface area contributed by atoms with Gasteiger partial charge in [-0.2, -0.15) is 0 Å². The second-order valence-electron chi connectivity index (χ2n) is 5.15. The zero-order valence-electron chi connectivity index (χ0n) is 12.6. The van der Waals surface area contributed by atoms with E-state index in [4.69, 9.17) is 0 Å². The maximum absolute atomic E-state index is 12.3. The van der Waals surface area contributed by atoms with Crippen LogP contribution in [0.2, 0.25) is 0 Å². The van der Waals surface area contributed by atoms with Crippen LogP contribution in [0.25, 0.3) is 0 Å². The molecule has 0 aliphatic rings. The fraction of sp³-hybridized carbons (Fsp3) is 0.0588. The topological polar surface area (TPSA) is 78.9 Å². The summed E-state index contributed by atoms with van der Waals surface area (Å²) in [6, 6.07) is 15.0. The monoisotopic (exact) mass is 386 g/mol. The van der Waals surface area contributed by atoms with Crippen LogP contribution in [0.3, 0.4) is 0 Å². The molecule has 1 aromatic carbocycles. The lowest BCUT2D eigenvalue weighted by Crippen LogP contribution is -2.42. The molecule has 0 spiro atoms. The molecule has 24 heavy (non-hydrogen) atoms. The largest absolute Gasteiger partial charge is 0.356 e. The van der Waals surface area contributed by atoms with Crippen molar-refractivity contribution in [1.82, 2.24) is 20.4 Å². The summed E-state index contributed by atoms with van der Waals surface area (Å²) in [7, 11) is 0. The number of rotatable bonds is 4. The first-order valence-corrected chi connectivity index (χ1v) is 8.06. The van der Waals surface area contributed by atoms with Crippen molar-refractivity contribution in [3.8, 4) is 0 Å². The molecule has 0 radical (unpaired) electrons. The Balaban J connectivity index is 1.63. The number of aromatic amines is 1. The summed E-state index contributed by atoms with van der Waals surface area (Å²) in [6.07, 6.45) is 3.47. The Kier molecular flexibility index (Phi) is 4.81. The number of amides is 2. The highest BCUT2D eigenvalue weighted by Crippen LogP contribution is 2.10. The van der Waals surface area contributed by atoms with Crippen LogP contribution in [-0.4, -0.2) is 21.4 Å². The van der Waals surface area contributed by atoms with Gasteiger partial charge in [0.15, 0.2) is 0 Å². The van der Waals surface area contributed by atoms with Gasteiger partial charge in [0.1, 0.15) is 11.4 Å². The number of H-pyrrole nitrogens is 1. The zero-order valence-corrected chi connectivity index (χ0v) is 14.2. The quantitative estimate of drug-likeness (QED) is 0.602. The minimum Gasteiger partial charge on any atom is -0.356 e. The van der Waals surface area contributed by atoms with Crippen LogP contribution in [0, 0.1) is 0 Å². The highest BCUT2D eigenvalue weighted by Gasteiger charge is 2.13. The third-order valence-corrected chi connectivity index (χ3v) is 3.90. The van der Waals surface area contributed by atoms with Gasteiger partial charge in [0, 0.05) is 23.4 Å². The number of hydrogen-bond acceptors (Lipinski definition) is 2. The lowest BCUT2D eigenvalue weighted by molar-refractivity contribution is 0.0839. The first-order chi connectivity index (χ1) is 11.6. The molecule has 2 amide bonds. The van der Waals surface area contributed by atoms with Crippen LogP contribution < -0.4 is 10.9 Å². The average molecular weight is 387 g/mol. The van der Waals surface area contributed by atoms with Crippen LogP contribution >= 0.6 is 15.9 Å². The number of nitrogens with zero attached hydrogens (tertiary/aromatic N) is 1. The van der Waals surface area contributed by atoms with E-state index in [1.165, 1.54) is 0 Å². The molecule has 7 heteroatoms. The van der Waals surface area contributed by atoms with Crippen molar-refractivity contribution in [2.45, 2.75) is 6.54 Å². The average Bonchev–Trinajstić information content (AvgIpc) is 3.22. The molecule has 0 saturated heterocycles. The summed E-state index contributed by atoms with van der Waals surface area (Å²) in [4.78, 5) is 27.0. The molecule has 0 atom stereocenters. The number of carbonyl (C=O) groups is 2. The molecular formula is C17H15BrN4O2. The minimum atomic E-state index is -0.421. The Hall–Kier alpha value is -2.80. The normalized spacial score (nSPS) is 10.4. The number of hydrazine groups is 1. The molecule has 6 nitrogen and oxygen atoms in total. The minimum absolute atomic E-state index is 0.349. The van der Waals surface area contributed by atoms with Gasteiger partial charge in [0.05, 0.1) is 0 Å². The molecule has 0 unspecified atom stereocenters. The molecular weight excluding hydrogens is 372 g/mol. The van der Waals surface area contributed by atoms with Gasteiger partial charge in [0.2, 0.25) is 0 Å². The van der Waals surface area contributed by atoms with E-state index in [1.54, 1.807) is 24.4 Å². The van der Waals surface area contributed by atoms with E-state index >= 15 is 0 Å². The van der Waals surface area contributed by atoms with E-state index in [0.717, 1.165) is 10.0 Å². The molecule has 0 bridgehead atoms. The zero-order chi connectivity index (χ0) is 16.9. The third kappa shape index (κ3) is 3.75. The molecule has 3 aromatic rings. The summed E-state index contributed by atoms with van der Waals surface area (Å²) in [6.45, 7) is 0.577. The number of aromatic nitrogens is 2. The summed E-state index contributed by atoms with van der Waals surface area (Å²) >= 11 is 3.25. The van der Waals surface area contributed by atoms with Crippen molar-refractivity contribution in [3.05, 3.63) is 82.3 Å². The van der Waals surface area contributed by atoms with Gasteiger partial charge in [-0.25, -0.2) is 0 Å². The van der Waals surface area contributed by atoms with Crippen LogP contribution in [0.5, 0.6) is 0 Å². The van der Waals surface area contributed by atoms with E-state index in [-0.39, 0.29) is 5.91 Å². The van der Waals surface area contributed by atoms with Crippen LogP contribution in [-0.2, 0) is 6.54 Å². The second-order valence-corrected chi connectivity index (χ2v) is 6.06. The molecule has 122 valence electrons. The smallest absolute Gasteiger partial charge is 0.286 e. The SMILES string of the molecule is O=C(NNC(=O)c1cccn1Cc1ccccc1)c1cc(Br)c[nH]1. The first-order valence-electron chi connectivity index (χ1n) is 7.27. The molecule has 0 saturated carbocycles. The van der Waals surface area contributed by atoms with E-state index in [9.17, 15) is 9.59 Å². The Bertz CT molecular complexity index is 854. The van der Waals surface area contributed by atoms with Gasteiger partial charge < -0.3 is 9.55 Å². The van der Waals surface area contributed by atoms with E-state index in [2.05, 4.69) is 31.8 Å². The third-order valence-electron chi connectivity index (χ3n) is 3.44. The van der Waals surface area contributed by atoms with Crippen molar-refractivity contribution in [3.63, 3.8) is 0 Å². The van der Waals surface area contributed by atoms with Gasteiger partial charge >= 0.3 is 0 Å². The summed E-state index contributed by atoms with van der Waals surface area (Å²) in [5.74, 6) is -0.801. The summed E-state index contributed by atoms with van der Waals surface area (Å²) < 4.78 is 2.58. The maximum Gasteiger partial charge on any atom is 0.286 e. The van der Waals surface area contributed by atoms with Gasteiger partial charge in [-0.3, -0.25) is 20.4 Å². The number of nitrogens with one attached hydrogen (secondary N) is 3. The van der Waals surface area contributed by atoms with E-state index < -0.39 is 5.91 Å². The molecule has 2 heterocycles. The van der Waals surface area contributed by atoms with Crippen LogP contribution in [0.1, 0.15) is 26.5 Å². The molecule has 3 rings (SSSR count). The van der Waals surface area contributed by atoms with Crippen molar-refractivity contribution >= 4 is 27.7 Å². The van der Waals surface area contributed by atoms with E-state index in [1.807, 2.05) is 41.1 Å². The highest BCUT2D eigenvalue weighted by molar-refractivity contribution is 9.10. The van der Waals surface area contributed by atoms with Crippen molar-refractivity contribution in [2.24, 2.45) is 0 Å². The number of hydrogen-bond donors (Lipinski definition) is 3. The molecule has 0 aliphatic carbocycles. The summed E-state index contributed by atoms with van der Waals surface area (Å²) in [5, 5.41) is 0. The highest BCUT2D eigenvalue weighted by atomic mass is 79.9. The standard InChI is InChI=1S/C17H15BrN4O2/c18-13-9-14(19-10-13)16(23)20-21-17(24)15-7-4-8-22(15)11-12-5-2-1-3-6-12/h1-10,19H,11H2,(H,20,23)(H,21,24). The Morgan fingerprint density at radius 3 is 2.50 bits per heavy atom. The Labute approximate surface area is 147 Å². The number of carbonyl (C=O) groups excluding carboxylic acids is 2. The van der Waals surface area contributed by atoms with Crippen LogP contribution in [0.15, 0.2) is 65.4 Å². The lowest BCUT2D eigenvalue weighted by atomic mass is 10.2. The summed E-state index contributed by atoms with van der Waals surface area (Å²) in [5.41, 5.74) is 6.71. The van der Waals surface area contributed by atoms with Gasteiger partial charge in [0.25, 0.3) is 11.8 Å². The van der Waals surface area contributed by atoms with Gasteiger partial charge in [-0.05, 0) is 39.7 Å². The maximum atomic E-state index is 12.3. The molecule has 0 fully saturated rings. The predicted molar refractivity (Wildman–Crippen MR) is 93.4 cm³/mol. The Morgan fingerprint density at radius 2 is 1.79 bits per heavy atom. The number of halogens is 1. The Morgan fingerprint density at radius 1 is 1.04 bits per heavy atom. The predicted octanol–water partition coefficient (Wildman–Crippen LogP) is 2.70. The van der Waals surface area contributed by atoms with Crippen LogP contribution in [0.4, 0.5) is 0 Å². The van der Waals surface area contributed by atoms with Gasteiger partial charge in [-0.15, -0.1) is 0 Å². The van der Waals surface area contributed by atoms with Crippen molar-refractivity contribution in [1.29, 1.82) is 0 Å². The number of benzene rings is 1. The lowest BCUT2D eigenvalue weighted by Gasteiger charge is -2.10. The molecule has 2 aromatic heterocycles. The second kappa shape index (κ2) is 7.18. The molecule has 0 aliphatic heterocycles. The van der Waals surface area contributed by atoms with E-state index in [0.29, 0.717) is 17.9 Å². The fourth-order valence-electron chi connectivity index (χ4n) is 2.28. The van der Waals surface area contributed by atoms with Crippen molar-refractivity contribution < 1.29 is 9.59 Å². The fourth-order valence-corrected chi connectivity index (χ4v) is 2.63. The van der Waals surface area contributed by atoms with Crippen molar-refractivity contribution in [2.75, 3.05) is 0 Å². The molecule has 3 N–H and O–H groups in total.